The first-order chi connectivity index (χ1) is 6.38. The molecule has 13 heavy (non-hydrogen) atoms. The van der Waals surface area contributed by atoms with Crippen molar-refractivity contribution in [3.63, 3.8) is 0 Å². The summed E-state index contributed by atoms with van der Waals surface area (Å²) >= 11 is 4.41. The summed E-state index contributed by atoms with van der Waals surface area (Å²) in [4.78, 5) is 5.17. The standard InChI is InChI=1S/C11H11NS/c13-11-8-12-7-6-9-4-2-1-3-5-10(9)11/h1-3,5-6,8,13H,4,7H2. The van der Waals surface area contributed by atoms with Gasteiger partial charge in [-0.2, -0.15) is 0 Å². The molecule has 1 aliphatic carbocycles. The molecule has 0 bridgehead atoms. The van der Waals surface area contributed by atoms with Gasteiger partial charge in [0.2, 0.25) is 0 Å². The minimum atomic E-state index is 0.768. The van der Waals surface area contributed by atoms with Crippen LogP contribution in [0.3, 0.4) is 0 Å². The normalized spacial score (nSPS) is 20.8. The quantitative estimate of drug-likeness (QED) is 0.562. The Balaban J connectivity index is 2.48. The molecule has 1 nitrogen and oxygen atoms in total. The Kier molecular flexibility index (Phi) is 2.50. The van der Waals surface area contributed by atoms with Crippen LogP contribution < -0.4 is 0 Å². The van der Waals surface area contributed by atoms with Crippen molar-refractivity contribution >= 4 is 18.8 Å². The van der Waals surface area contributed by atoms with Gasteiger partial charge in [0.25, 0.3) is 0 Å². The van der Waals surface area contributed by atoms with E-state index in [-0.39, 0.29) is 0 Å². The Bertz CT molecular complexity index is 356. The minimum absolute atomic E-state index is 0.768. The summed E-state index contributed by atoms with van der Waals surface area (Å²) in [6.45, 7) is 0.768. The van der Waals surface area contributed by atoms with E-state index in [1.54, 1.807) is 0 Å². The van der Waals surface area contributed by atoms with Crippen molar-refractivity contribution < 1.29 is 0 Å². The molecule has 0 fully saturated rings. The van der Waals surface area contributed by atoms with Gasteiger partial charge in [0.15, 0.2) is 0 Å². The number of allylic oxidation sites excluding steroid dienone is 7. The maximum absolute atomic E-state index is 4.41. The highest BCUT2D eigenvalue weighted by atomic mass is 32.1. The van der Waals surface area contributed by atoms with Crippen molar-refractivity contribution in [1.82, 2.24) is 0 Å². The fraction of sp³-hybridized carbons (Fsp3) is 0.182. The monoisotopic (exact) mass is 189 g/mol. The molecule has 0 amide bonds. The smallest absolute Gasteiger partial charge is 0.0576 e. The zero-order valence-electron chi connectivity index (χ0n) is 7.27. The van der Waals surface area contributed by atoms with Crippen LogP contribution in [0.1, 0.15) is 6.42 Å². The summed E-state index contributed by atoms with van der Waals surface area (Å²) < 4.78 is 0. The fourth-order valence-electron chi connectivity index (χ4n) is 1.46. The zero-order chi connectivity index (χ0) is 9.10. The lowest BCUT2D eigenvalue weighted by Crippen LogP contribution is -1.87. The van der Waals surface area contributed by atoms with Crippen LogP contribution in [-0.4, -0.2) is 12.8 Å². The molecule has 1 aliphatic heterocycles. The molecule has 0 unspecified atom stereocenters. The highest BCUT2D eigenvalue weighted by Crippen LogP contribution is 2.25. The van der Waals surface area contributed by atoms with E-state index in [4.69, 9.17) is 0 Å². The second-order valence-corrected chi connectivity index (χ2v) is 3.50. The van der Waals surface area contributed by atoms with E-state index < -0.39 is 0 Å². The van der Waals surface area contributed by atoms with Gasteiger partial charge in [0.05, 0.1) is 6.54 Å². The fourth-order valence-corrected chi connectivity index (χ4v) is 1.76. The summed E-state index contributed by atoms with van der Waals surface area (Å²) in [5, 5.41) is 0. The highest BCUT2D eigenvalue weighted by Gasteiger charge is 2.07. The molecule has 0 atom stereocenters. The average molecular weight is 189 g/mol. The van der Waals surface area contributed by atoms with Gasteiger partial charge in [0.1, 0.15) is 0 Å². The molecular weight excluding hydrogens is 178 g/mol. The lowest BCUT2D eigenvalue weighted by atomic mass is 10.0. The van der Waals surface area contributed by atoms with Crippen molar-refractivity contribution in [3.05, 3.63) is 46.4 Å². The number of rotatable bonds is 0. The van der Waals surface area contributed by atoms with Crippen LogP contribution in [0.4, 0.5) is 0 Å². The number of thiol groups is 1. The molecular formula is C11H11NS. The van der Waals surface area contributed by atoms with E-state index >= 15 is 0 Å². The third-order valence-corrected chi connectivity index (χ3v) is 2.48. The molecule has 2 rings (SSSR count). The number of hydrogen-bond acceptors (Lipinski definition) is 2. The molecule has 0 aromatic heterocycles. The first-order valence-electron chi connectivity index (χ1n) is 4.33. The van der Waals surface area contributed by atoms with Gasteiger partial charge < -0.3 is 0 Å². The SMILES string of the molecule is SC1=C2C=CC=CCC2=CCN=C1. The van der Waals surface area contributed by atoms with Crippen molar-refractivity contribution in [2.45, 2.75) is 6.42 Å². The van der Waals surface area contributed by atoms with E-state index in [2.05, 4.69) is 41.9 Å². The Morgan fingerprint density at radius 2 is 2.23 bits per heavy atom. The average Bonchev–Trinajstić information content (AvgIpc) is 2.43. The third kappa shape index (κ3) is 1.83. The minimum Gasteiger partial charge on any atom is -0.288 e. The molecule has 1 heterocycles. The van der Waals surface area contributed by atoms with E-state index in [1.807, 2.05) is 12.3 Å². The van der Waals surface area contributed by atoms with Crippen LogP contribution in [0, 0.1) is 0 Å². The highest BCUT2D eigenvalue weighted by molar-refractivity contribution is 7.85. The molecule has 2 aliphatic rings. The first kappa shape index (κ1) is 8.57. The molecule has 0 saturated carbocycles. The Morgan fingerprint density at radius 3 is 3.15 bits per heavy atom. The third-order valence-electron chi connectivity index (χ3n) is 2.13. The number of nitrogens with zero attached hydrogens (tertiary/aromatic N) is 1. The van der Waals surface area contributed by atoms with Crippen LogP contribution in [-0.2, 0) is 0 Å². The first-order valence-corrected chi connectivity index (χ1v) is 4.78. The van der Waals surface area contributed by atoms with Crippen molar-refractivity contribution in [3.8, 4) is 0 Å². The number of fused-ring (bicyclic) bond motifs is 1. The molecule has 0 spiro atoms. The summed E-state index contributed by atoms with van der Waals surface area (Å²) in [5.74, 6) is 0. The van der Waals surface area contributed by atoms with Crippen LogP contribution >= 0.6 is 12.6 Å². The molecule has 66 valence electrons. The second-order valence-electron chi connectivity index (χ2n) is 3.01. The molecule has 2 heteroatoms. The van der Waals surface area contributed by atoms with Crippen LogP contribution in [0.15, 0.2) is 51.4 Å². The van der Waals surface area contributed by atoms with Gasteiger partial charge in [-0.25, -0.2) is 0 Å². The van der Waals surface area contributed by atoms with Crippen LogP contribution in [0.2, 0.25) is 0 Å². The predicted octanol–water partition coefficient (Wildman–Crippen LogP) is 2.70. The zero-order valence-corrected chi connectivity index (χ0v) is 8.17. The largest absolute Gasteiger partial charge is 0.288 e. The second kappa shape index (κ2) is 3.79. The molecule has 0 saturated heterocycles. The maximum Gasteiger partial charge on any atom is 0.0576 e. The Hall–Kier alpha value is -1.02. The topological polar surface area (TPSA) is 12.4 Å². The van der Waals surface area contributed by atoms with Crippen molar-refractivity contribution in [2.24, 2.45) is 4.99 Å². The van der Waals surface area contributed by atoms with E-state index in [0.717, 1.165) is 17.9 Å². The van der Waals surface area contributed by atoms with Crippen molar-refractivity contribution in [2.75, 3.05) is 6.54 Å². The van der Waals surface area contributed by atoms with Gasteiger partial charge in [-0.1, -0.05) is 30.4 Å². The Morgan fingerprint density at radius 1 is 1.31 bits per heavy atom. The summed E-state index contributed by atoms with van der Waals surface area (Å²) in [6, 6.07) is 0. The number of aliphatic imine (C=N–C) groups is 1. The summed E-state index contributed by atoms with van der Waals surface area (Å²) in [5.41, 5.74) is 2.53. The van der Waals surface area contributed by atoms with Gasteiger partial charge in [-0.05, 0) is 17.6 Å². The summed E-state index contributed by atoms with van der Waals surface area (Å²) in [7, 11) is 0. The lowest BCUT2D eigenvalue weighted by Gasteiger charge is -2.04. The predicted molar refractivity (Wildman–Crippen MR) is 60.4 cm³/mol. The van der Waals surface area contributed by atoms with Gasteiger partial charge in [-0.15, -0.1) is 12.6 Å². The van der Waals surface area contributed by atoms with Gasteiger partial charge in [-0.3, -0.25) is 4.99 Å². The van der Waals surface area contributed by atoms with Crippen LogP contribution in [0.25, 0.3) is 0 Å². The van der Waals surface area contributed by atoms with Crippen molar-refractivity contribution in [1.29, 1.82) is 0 Å². The van der Waals surface area contributed by atoms with Gasteiger partial charge in [0, 0.05) is 11.1 Å². The molecule has 0 N–H and O–H groups in total. The molecule has 0 radical (unpaired) electrons. The van der Waals surface area contributed by atoms with Gasteiger partial charge >= 0.3 is 0 Å². The number of hydrogen-bond donors (Lipinski definition) is 1. The van der Waals surface area contributed by atoms with Crippen LogP contribution in [0.5, 0.6) is 0 Å². The van der Waals surface area contributed by atoms with E-state index in [1.165, 1.54) is 11.1 Å². The summed E-state index contributed by atoms with van der Waals surface area (Å²) in [6.07, 6.45) is 13.3. The lowest BCUT2D eigenvalue weighted by molar-refractivity contribution is 1.19. The maximum atomic E-state index is 4.41. The molecule has 0 aromatic rings. The Labute approximate surface area is 83.7 Å². The van der Waals surface area contributed by atoms with E-state index in [0.29, 0.717) is 0 Å². The molecule has 0 aromatic carbocycles. The van der Waals surface area contributed by atoms with E-state index in [9.17, 15) is 0 Å².